The molecule has 0 fully saturated rings. The summed E-state index contributed by atoms with van der Waals surface area (Å²) in [5.41, 5.74) is 3.72. The molecule has 1 aliphatic rings. The molecule has 1 atom stereocenters. The zero-order valence-electron chi connectivity index (χ0n) is 11.6. The molecule has 2 heterocycles. The van der Waals surface area contributed by atoms with Gasteiger partial charge < -0.3 is 9.30 Å². The Labute approximate surface area is 122 Å². The lowest BCUT2D eigenvalue weighted by Gasteiger charge is -2.10. The van der Waals surface area contributed by atoms with Gasteiger partial charge in [0.2, 0.25) is 0 Å². The fourth-order valence-corrected chi connectivity index (χ4v) is 2.89. The number of imidazole rings is 1. The van der Waals surface area contributed by atoms with Crippen molar-refractivity contribution in [1.82, 2.24) is 9.55 Å². The van der Waals surface area contributed by atoms with Gasteiger partial charge in [-0.15, -0.1) is 0 Å². The van der Waals surface area contributed by atoms with Crippen molar-refractivity contribution in [2.45, 2.75) is 12.5 Å². The molecule has 4 rings (SSSR count). The van der Waals surface area contributed by atoms with Gasteiger partial charge >= 0.3 is 0 Å². The van der Waals surface area contributed by atoms with E-state index in [2.05, 4.69) is 17.1 Å². The van der Waals surface area contributed by atoms with Crippen LogP contribution in [0.4, 0.5) is 0 Å². The molecule has 4 heteroatoms. The molecule has 102 valence electrons. The third kappa shape index (κ3) is 1.78. The Kier molecular flexibility index (Phi) is 2.48. The molecule has 0 amide bonds. The summed E-state index contributed by atoms with van der Waals surface area (Å²) in [6.07, 6.45) is 0.767. The number of fused-ring (bicyclic) bond motifs is 2. The minimum absolute atomic E-state index is 0.0645. The second-order valence-corrected chi connectivity index (χ2v) is 5.26. The number of aryl methyl sites for hydroxylation is 1. The number of nitrogens with zero attached hydrogens (tertiary/aromatic N) is 3. The Morgan fingerprint density at radius 1 is 1.29 bits per heavy atom. The van der Waals surface area contributed by atoms with Gasteiger partial charge in [-0.1, -0.05) is 18.2 Å². The van der Waals surface area contributed by atoms with Crippen LogP contribution in [0.25, 0.3) is 11.0 Å². The number of aromatic nitrogens is 2. The molecule has 0 saturated carbocycles. The van der Waals surface area contributed by atoms with E-state index in [1.807, 2.05) is 41.9 Å². The minimum atomic E-state index is -0.0645. The third-order valence-electron chi connectivity index (χ3n) is 3.98. The molecule has 4 nitrogen and oxygen atoms in total. The highest BCUT2D eigenvalue weighted by molar-refractivity contribution is 5.77. The molecule has 0 radical (unpaired) electrons. The highest BCUT2D eigenvalue weighted by atomic mass is 16.5. The fraction of sp³-hybridized carbons (Fsp3) is 0.176. The number of para-hydroxylation sites is 1. The largest absolute Gasteiger partial charge is 0.482 e. The maximum absolute atomic E-state index is 9.02. The topological polar surface area (TPSA) is 50.8 Å². The maximum atomic E-state index is 9.02. The zero-order chi connectivity index (χ0) is 14.4. The quantitative estimate of drug-likeness (QED) is 0.685. The molecule has 21 heavy (non-hydrogen) atoms. The highest BCUT2D eigenvalue weighted by Crippen LogP contribution is 2.36. The summed E-state index contributed by atoms with van der Waals surface area (Å²) in [6.45, 7) is 0. The Morgan fingerprint density at radius 3 is 2.95 bits per heavy atom. The fourth-order valence-electron chi connectivity index (χ4n) is 2.89. The third-order valence-corrected chi connectivity index (χ3v) is 3.98. The van der Waals surface area contributed by atoms with Gasteiger partial charge in [-0.05, 0) is 29.8 Å². The first-order chi connectivity index (χ1) is 10.3. The van der Waals surface area contributed by atoms with Gasteiger partial charge in [-0.25, -0.2) is 4.98 Å². The predicted molar refractivity (Wildman–Crippen MR) is 78.9 cm³/mol. The van der Waals surface area contributed by atoms with E-state index in [9.17, 15) is 0 Å². The van der Waals surface area contributed by atoms with Crippen LogP contribution in [0.5, 0.6) is 5.75 Å². The van der Waals surface area contributed by atoms with Crippen LogP contribution in [-0.4, -0.2) is 9.55 Å². The monoisotopic (exact) mass is 275 g/mol. The Balaban J connectivity index is 1.79. The van der Waals surface area contributed by atoms with E-state index in [0.29, 0.717) is 5.56 Å². The number of benzene rings is 2. The summed E-state index contributed by atoms with van der Waals surface area (Å²) in [5.74, 6) is 1.84. The lowest BCUT2D eigenvalue weighted by Crippen LogP contribution is -2.10. The summed E-state index contributed by atoms with van der Waals surface area (Å²) in [5, 5.41) is 9.02. The first-order valence-corrected chi connectivity index (χ1v) is 6.87. The van der Waals surface area contributed by atoms with E-state index in [1.165, 1.54) is 5.56 Å². The second kappa shape index (κ2) is 4.35. The first-order valence-electron chi connectivity index (χ1n) is 6.87. The smallest absolute Gasteiger partial charge is 0.160 e. The van der Waals surface area contributed by atoms with Gasteiger partial charge in [-0.3, -0.25) is 0 Å². The van der Waals surface area contributed by atoms with Crippen LogP contribution in [0.1, 0.15) is 23.1 Å². The van der Waals surface area contributed by atoms with Crippen LogP contribution < -0.4 is 4.74 Å². The number of hydrogen-bond acceptors (Lipinski definition) is 3. The Hall–Kier alpha value is -2.80. The number of ether oxygens (including phenoxy) is 1. The second-order valence-electron chi connectivity index (χ2n) is 5.26. The normalized spacial score (nSPS) is 16.5. The van der Waals surface area contributed by atoms with Gasteiger partial charge in [0, 0.05) is 13.5 Å². The summed E-state index contributed by atoms with van der Waals surface area (Å²) < 4.78 is 8.03. The van der Waals surface area contributed by atoms with Crippen LogP contribution >= 0.6 is 0 Å². The van der Waals surface area contributed by atoms with Gasteiger partial charge in [0.1, 0.15) is 5.75 Å². The predicted octanol–water partition coefficient (Wildman–Crippen LogP) is 3.12. The average molecular weight is 275 g/mol. The number of rotatable bonds is 1. The van der Waals surface area contributed by atoms with Crippen molar-refractivity contribution in [2.75, 3.05) is 0 Å². The molecule has 0 saturated heterocycles. The molecule has 3 aromatic rings. The van der Waals surface area contributed by atoms with Crippen molar-refractivity contribution in [3.8, 4) is 11.8 Å². The SMILES string of the molecule is Cn1c(C2Cc3ccccc3O2)nc2ccc(C#N)cc21. The van der Waals surface area contributed by atoms with E-state index < -0.39 is 0 Å². The van der Waals surface area contributed by atoms with Gasteiger partial charge in [0.25, 0.3) is 0 Å². The van der Waals surface area contributed by atoms with Crippen LogP contribution in [0.3, 0.4) is 0 Å². The number of nitriles is 1. The summed E-state index contributed by atoms with van der Waals surface area (Å²) >= 11 is 0. The van der Waals surface area contributed by atoms with Crippen molar-refractivity contribution in [3.63, 3.8) is 0 Å². The average Bonchev–Trinajstić information content (AvgIpc) is 3.08. The van der Waals surface area contributed by atoms with E-state index in [-0.39, 0.29) is 6.10 Å². The van der Waals surface area contributed by atoms with Crippen LogP contribution in [-0.2, 0) is 13.5 Å². The van der Waals surface area contributed by atoms with Crippen molar-refractivity contribution >= 4 is 11.0 Å². The molecular formula is C17H13N3O. The standard InChI is InChI=1S/C17H13N3O/c1-20-14-8-11(10-18)6-7-13(14)19-17(20)16-9-12-4-2-3-5-15(12)21-16/h2-8,16H,9H2,1H3. The van der Waals surface area contributed by atoms with Crippen molar-refractivity contribution in [1.29, 1.82) is 5.26 Å². The molecule has 0 N–H and O–H groups in total. The van der Waals surface area contributed by atoms with Crippen LogP contribution in [0, 0.1) is 11.3 Å². The first kappa shape index (κ1) is 12.0. The van der Waals surface area contributed by atoms with Crippen molar-refractivity contribution in [2.24, 2.45) is 7.05 Å². The van der Waals surface area contributed by atoms with Crippen molar-refractivity contribution < 1.29 is 4.74 Å². The molecular weight excluding hydrogens is 262 g/mol. The maximum Gasteiger partial charge on any atom is 0.160 e. The van der Waals surface area contributed by atoms with E-state index >= 15 is 0 Å². The molecule has 1 unspecified atom stereocenters. The summed E-state index contributed by atoms with van der Waals surface area (Å²) in [6, 6.07) is 15.8. The molecule has 1 aromatic heterocycles. The lowest BCUT2D eigenvalue weighted by molar-refractivity contribution is 0.224. The zero-order valence-corrected chi connectivity index (χ0v) is 11.6. The van der Waals surface area contributed by atoms with Gasteiger partial charge in [-0.2, -0.15) is 5.26 Å². The van der Waals surface area contributed by atoms with E-state index in [4.69, 9.17) is 10.00 Å². The minimum Gasteiger partial charge on any atom is -0.482 e. The van der Waals surface area contributed by atoms with Crippen LogP contribution in [0.2, 0.25) is 0 Å². The Bertz CT molecular complexity index is 864. The van der Waals surface area contributed by atoms with E-state index in [0.717, 1.165) is 29.0 Å². The Morgan fingerprint density at radius 2 is 2.14 bits per heavy atom. The molecule has 0 bridgehead atoms. The summed E-state index contributed by atoms with van der Waals surface area (Å²) in [7, 11) is 1.97. The highest BCUT2D eigenvalue weighted by Gasteiger charge is 2.28. The van der Waals surface area contributed by atoms with E-state index in [1.54, 1.807) is 6.07 Å². The molecule has 2 aromatic carbocycles. The number of hydrogen-bond donors (Lipinski definition) is 0. The van der Waals surface area contributed by atoms with Gasteiger partial charge in [0.15, 0.2) is 11.9 Å². The summed E-state index contributed by atoms with van der Waals surface area (Å²) in [4.78, 5) is 4.68. The molecule has 0 spiro atoms. The molecule has 1 aliphatic heterocycles. The van der Waals surface area contributed by atoms with Crippen molar-refractivity contribution in [3.05, 3.63) is 59.4 Å². The van der Waals surface area contributed by atoms with Gasteiger partial charge in [0.05, 0.1) is 22.7 Å². The van der Waals surface area contributed by atoms with Crippen LogP contribution in [0.15, 0.2) is 42.5 Å². The lowest BCUT2D eigenvalue weighted by atomic mass is 10.1. The molecule has 0 aliphatic carbocycles.